The molecular weight excluding hydrogens is 222 g/mol. The van der Waals surface area contributed by atoms with Crippen molar-refractivity contribution < 1.29 is 0 Å². The number of nitrogens with zero attached hydrogens (tertiary/aromatic N) is 2. The molecule has 1 atom stereocenters. The van der Waals surface area contributed by atoms with Crippen LogP contribution in [0.3, 0.4) is 0 Å². The fourth-order valence-corrected chi connectivity index (χ4v) is 2.18. The third-order valence-corrected chi connectivity index (χ3v) is 3.29. The Hall–Kier alpha value is -0.830. The lowest BCUT2D eigenvalue weighted by atomic mass is 10.1. The van der Waals surface area contributed by atoms with Crippen LogP contribution >= 0.6 is 0 Å². The van der Waals surface area contributed by atoms with E-state index in [0.29, 0.717) is 6.04 Å². The molecule has 0 spiro atoms. The lowest BCUT2D eigenvalue weighted by molar-refractivity contribution is 0.441. The normalized spacial score (nSPS) is 12.8. The van der Waals surface area contributed by atoms with Gasteiger partial charge in [-0.1, -0.05) is 45.4 Å². The molecule has 1 unspecified atom stereocenters. The minimum absolute atomic E-state index is 0.505. The summed E-state index contributed by atoms with van der Waals surface area (Å²) in [5, 5.41) is 7.78. The standard InChI is InChI=1S/C15H29N3/c1-3-4-5-6-7-8-9-11-16-15(2)14-18-13-10-12-17-18/h10,12-13,15-16H,3-9,11,14H2,1-2H3. The number of hydrogen-bond donors (Lipinski definition) is 1. The lowest BCUT2D eigenvalue weighted by Crippen LogP contribution is -2.31. The molecule has 0 saturated carbocycles. The van der Waals surface area contributed by atoms with Gasteiger partial charge in [-0.3, -0.25) is 4.68 Å². The Kier molecular flexibility index (Phi) is 8.57. The van der Waals surface area contributed by atoms with Crippen LogP contribution in [0.4, 0.5) is 0 Å². The van der Waals surface area contributed by atoms with Crippen LogP contribution in [0.5, 0.6) is 0 Å². The van der Waals surface area contributed by atoms with E-state index in [1.165, 1.54) is 44.9 Å². The van der Waals surface area contributed by atoms with Gasteiger partial charge in [-0.25, -0.2) is 0 Å². The van der Waals surface area contributed by atoms with Gasteiger partial charge >= 0.3 is 0 Å². The van der Waals surface area contributed by atoms with Crippen LogP contribution in [0.15, 0.2) is 18.5 Å². The van der Waals surface area contributed by atoms with Crippen molar-refractivity contribution in [1.29, 1.82) is 0 Å². The van der Waals surface area contributed by atoms with Crippen molar-refractivity contribution in [3.63, 3.8) is 0 Å². The molecule has 3 nitrogen and oxygen atoms in total. The Morgan fingerprint density at radius 2 is 1.83 bits per heavy atom. The summed E-state index contributed by atoms with van der Waals surface area (Å²) in [5.74, 6) is 0. The first-order chi connectivity index (χ1) is 8.83. The fourth-order valence-electron chi connectivity index (χ4n) is 2.18. The first-order valence-electron chi connectivity index (χ1n) is 7.53. The highest BCUT2D eigenvalue weighted by Crippen LogP contribution is 2.06. The van der Waals surface area contributed by atoms with Crippen LogP contribution in [-0.2, 0) is 6.54 Å². The van der Waals surface area contributed by atoms with Gasteiger partial charge in [0, 0.05) is 18.4 Å². The molecule has 1 heterocycles. The molecule has 104 valence electrons. The van der Waals surface area contributed by atoms with E-state index in [9.17, 15) is 0 Å². The maximum atomic E-state index is 4.22. The molecule has 3 heteroatoms. The van der Waals surface area contributed by atoms with Gasteiger partial charge in [-0.2, -0.15) is 5.10 Å². The molecule has 0 aliphatic rings. The van der Waals surface area contributed by atoms with Crippen molar-refractivity contribution in [3.05, 3.63) is 18.5 Å². The van der Waals surface area contributed by atoms with Gasteiger partial charge < -0.3 is 5.32 Å². The molecule has 0 bridgehead atoms. The minimum Gasteiger partial charge on any atom is -0.312 e. The summed E-state index contributed by atoms with van der Waals surface area (Å²) in [5.41, 5.74) is 0. The maximum Gasteiger partial charge on any atom is 0.0559 e. The number of unbranched alkanes of at least 4 members (excludes halogenated alkanes) is 6. The van der Waals surface area contributed by atoms with Crippen molar-refractivity contribution in [3.8, 4) is 0 Å². The molecule has 0 fully saturated rings. The zero-order valence-electron chi connectivity index (χ0n) is 12.1. The van der Waals surface area contributed by atoms with Crippen molar-refractivity contribution >= 4 is 0 Å². The van der Waals surface area contributed by atoms with Gasteiger partial charge in [0.1, 0.15) is 0 Å². The average molecular weight is 251 g/mol. The molecule has 0 saturated heterocycles. The molecule has 0 aliphatic heterocycles. The summed E-state index contributed by atoms with van der Waals surface area (Å²) in [6.07, 6.45) is 13.5. The molecule has 18 heavy (non-hydrogen) atoms. The predicted molar refractivity (Wildman–Crippen MR) is 77.7 cm³/mol. The zero-order valence-corrected chi connectivity index (χ0v) is 12.1. The number of aromatic nitrogens is 2. The molecule has 0 aliphatic carbocycles. The summed E-state index contributed by atoms with van der Waals surface area (Å²) < 4.78 is 1.99. The zero-order chi connectivity index (χ0) is 13.1. The van der Waals surface area contributed by atoms with Crippen molar-refractivity contribution in [2.24, 2.45) is 0 Å². The number of hydrogen-bond acceptors (Lipinski definition) is 2. The summed E-state index contributed by atoms with van der Waals surface area (Å²) in [6, 6.07) is 2.48. The monoisotopic (exact) mass is 251 g/mol. The van der Waals surface area contributed by atoms with Crippen LogP contribution in [0, 0.1) is 0 Å². The van der Waals surface area contributed by atoms with Gasteiger partial charge in [0.05, 0.1) is 6.54 Å². The van der Waals surface area contributed by atoms with E-state index < -0.39 is 0 Å². The highest BCUT2D eigenvalue weighted by atomic mass is 15.3. The Morgan fingerprint density at radius 3 is 2.50 bits per heavy atom. The van der Waals surface area contributed by atoms with E-state index in [4.69, 9.17) is 0 Å². The summed E-state index contributed by atoms with van der Waals surface area (Å²) in [4.78, 5) is 0. The second kappa shape index (κ2) is 10.1. The van der Waals surface area contributed by atoms with Crippen molar-refractivity contribution in [2.45, 2.75) is 71.4 Å². The van der Waals surface area contributed by atoms with E-state index in [-0.39, 0.29) is 0 Å². The van der Waals surface area contributed by atoms with Crippen LogP contribution in [0.25, 0.3) is 0 Å². The fraction of sp³-hybridized carbons (Fsp3) is 0.800. The molecule has 1 rings (SSSR count). The van der Waals surface area contributed by atoms with Gasteiger partial charge in [0.25, 0.3) is 0 Å². The molecule has 0 radical (unpaired) electrons. The van der Waals surface area contributed by atoms with Crippen LogP contribution in [-0.4, -0.2) is 22.4 Å². The van der Waals surface area contributed by atoms with Gasteiger partial charge in [0.2, 0.25) is 0 Å². The maximum absolute atomic E-state index is 4.22. The van der Waals surface area contributed by atoms with E-state index in [2.05, 4.69) is 24.3 Å². The first-order valence-corrected chi connectivity index (χ1v) is 7.53. The van der Waals surface area contributed by atoms with E-state index in [0.717, 1.165) is 13.1 Å². The van der Waals surface area contributed by atoms with Crippen molar-refractivity contribution in [2.75, 3.05) is 6.54 Å². The Morgan fingerprint density at radius 1 is 1.11 bits per heavy atom. The molecule has 0 amide bonds. The molecule has 1 N–H and O–H groups in total. The Labute approximate surface area is 112 Å². The third kappa shape index (κ3) is 7.49. The average Bonchev–Trinajstić information content (AvgIpc) is 2.85. The van der Waals surface area contributed by atoms with E-state index >= 15 is 0 Å². The smallest absolute Gasteiger partial charge is 0.0559 e. The van der Waals surface area contributed by atoms with Gasteiger partial charge in [-0.05, 0) is 26.0 Å². The number of rotatable bonds is 11. The number of nitrogens with one attached hydrogen (secondary N) is 1. The first kappa shape index (κ1) is 15.2. The molecule has 0 aromatic carbocycles. The second-order valence-electron chi connectivity index (χ2n) is 5.20. The van der Waals surface area contributed by atoms with Crippen molar-refractivity contribution in [1.82, 2.24) is 15.1 Å². The molecule has 1 aromatic rings. The molecular formula is C15H29N3. The minimum atomic E-state index is 0.505. The molecule has 1 aromatic heterocycles. The van der Waals surface area contributed by atoms with E-state index in [1.54, 1.807) is 0 Å². The summed E-state index contributed by atoms with van der Waals surface area (Å²) >= 11 is 0. The summed E-state index contributed by atoms with van der Waals surface area (Å²) in [6.45, 7) is 6.59. The van der Waals surface area contributed by atoms with Gasteiger partial charge in [0.15, 0.2) is 0 Å². The van der Waals surface area contributed by atoms with Crippen LogP contribution in [0.1, 0.15) is 58.8 Å². The SMILES string of the molecule is CCCCCCCCCNC(C)Cn1cccn1. The largest absolute Gasteiger partial charge is 0.312 e. The highest BCUT2D eigenvalue weighted by Gasteiger charge is 2.01. The van der Waals surface area contributed by atoms with Crippen LogP contribution < -0.4 is 5.32 Å². The quantitative estimate of drug-likeness (QED) is 0.609. The Balaban J connectivity index is 1.88. The topological polar surface area (TPSA) is 29.9 Å². The van der Waals surface area contributed by atoms with Gasteiger partial charge in [-0.15, -0.1) is 0 Å². The predicted octanol–water partition coefficient (Wildman–Crippen LogP) is 3.61. The lowest BCUT2D eigenvalue weighted by Gasteiger charge is -2.13. The van der Waals surface area contributed by atoms with E-state index in [1.807, 2.05) is 23.1 Å². The third-order valence-electron chi connectivity index (χ3n) is 3.29. The van der Waals surface area contributed by atoms with Crippen LogP contribution in [0.2, 0.25) is 0 Å². The second-order valence-corrected chi connectivity index (χ2v) is 5.20. The summed E-state index contributed by atoms with van der Waals surface area (Å²) in [7, 11) is 0. The Bertz CT molecular complexity index is 269. The highest BCUT2D eigenvalue weighted by molar-refractivity contribution is 4.78.